The summed E-state index contributed by atoms with van der Waals surface area (Å²) in [4.78, 5) is 20.9. The number of benzene rings is 2. The van der Waals surface area contributed by atoms with E-state index in [1.54, 1.807) is 31.2 Å². The quantitative estimate of drug-likeness (QED) is 0.703. The highest BCUT2D eigenvalue weighted by molar-refractivity contribution is 6.04. The van der Waals surface area contributed by atoms with Crippen LogP contribution in [0.5, 0.6) is 5.75 Å². The van der Waals surface area contributed by atoms with E-state index >= 15 is 0 Å². The van der Waals surface area contributed by atoms with Crippen molar-refractivity contribution in [1.82, 2.24) is 9.97 Å². The molecule has 28 heavy (non-hydrogen) atoms. The van der Waals surface area contributed by atoms with Gasteiger partial charge in [-0.2, -0.15) is 13.2 Å². The van der Waals surface area contributed by atoms with Gasteiger partial charge in [-0.1, -0.05) is 18.2 Å². The minimum absolute atomic E-state index is 0.240. The molecule has 0 aliphatic heterocycles. The molecule has 1 N–H and O–H groups in total. The second-order valence-corrected chi connectivity index (χ2v) is 5.95. The van der Waals surface area contributed by atoms with Crippen molar-refractivity contribution in [2.24, 2.45) is 0 Å². The van der Waals surface area contributed by atoms with E-state index in [0.29, 0.717) is 22.7 Å². The summed E-state index contributed by atoms with van der Waals surface area (Å²) in [5, 5.41) is 2.73. The maximum absolute atomic E-state index is 12.7. The van der Waals surface area contributed by atoms with Gasteiger partial charge in [0.2, 0.25) is 0 Å². The fraction of sp³-hybridized carbons (Fsp3) is 0.150. The van der Waals surface area contributed by atoms with Crippen molar-refractivity contribution in [2.45, 2.75) is 13.1 Å². The van der Waals surface area contributed by atoms with Gasteiger partial charge in [0.25, 0.3) is 5.91 Å². The average Bonchev–Trinajstić information content (AvgIpc) is 2.67. The van der Waals surface area contributed by atoms with Crippen LogP contribution in [0.25, 0.3) is 11.4 Å². The van der Waals surface area contributed by atoms with E-state index in [0.717, 1.165) is 12.1 Å². The fourth-order valence-corrected chi connectivity index (χ4v) is 2.54. The Labute approximate surface area is 159 Å². The van der Waals surface area contributed by atoms with E-state index in [-0.39, 0.29) is 11.4 Å². The van der Waals surface area contributed by atoms with Crippen LogP contribution in [0.2, 0.25) is 0 Å². The van der Waals surface area contributed by atoms with Gasteiger partial charge in [-0.3, -0.25) is 4.79 Å². The molecule has 3 aromatic rings. The van der Waals surface area contributed by atoms with E-state index in [4.69, 9.17) is 4.74 Å². The Kier molecular flexibility index (Phi) is 5.30. The highest BCUT2D eigenvalue weighted by Gasteiger charge is 2.30. The number of aromatic nitrogens is 2. The number of halogens is 3. The molecule has 0 atom stereocenters. The number of aryl methyl sites for hydroxylation is 1. The topological polar surface area (TPSA) is 64.1 Å². The number of rotatable bonds is 4. The third-order valence-corrected chi connectivity index (χ3v) is 4.02. The minimum atomic E-state index is -4.41. The summed E-state index contributed by atoms with van der Waals surface area (Å²) < 4.78 is 43.1. The lowest BCUT2D eigenvalue weighted by atomic mass is 10.1. The van der Waals surface area contributed by atoms with Crippen LogP contribution < -0.4 is 10.1 Å². The second-order valence-electron chi connectivity index (χ2n) is 5.95. The fourth-order valence-electron chi connectivity index (χ4n) is 2.54. The molecule has 2 aromatic carbocycles. The number of carbonyl (C=O) groups is 1. The molecule has 5 nitrogen and oxygen atoms in total. The van der Waals surface area contributed by atoms with Crippen molar-refractivity contribution < 1.29 is 22.7 Å². The molecule has 8 heteroatoms. The largest absolute Gasteiger partial charge is 0.497 e. The van der Waals surface area contributed by atoms with Crippen LogP contribution in [0.3, 0.4) is 0 Å². The van der Waals surface area contributed by atoms with Gasteiger partial charge in [0.15, 0.2) is 5.82 Å². The predicted octanol–water partition coefficient (Wildman–Crippen LogP) is 4.73. The van der Waals surface area contributed by atoms with Crippen LogP contribution in [-0.2, 0) is 6.18 Å². The molecular formula is C20H16F3N3O2. The first-order valence-corrected chi connectivity index (χ1v) is 8.24. The minimum Gasteiger partial charge on any atom is -0.497 e. The molecule has 0 saturated carbocycles. The van der Waals surface area contributed by atoms with Gasteiger partial charge in [0.05, 0.1) is 23.9 Å². The number of alkyl halides is 3. The van der Waals surface area contributed by atoms with Crippen LogP contribution in [0.4, 0.5) is 18.9 Å². The summed E-state index contributed by atoms with van der Waals surface area (Å²) in [7, 11) is 1.53. The van der Waals surface area contributed by atoms with Gasteiger partial charge in [-0.05, 0) is 31.2 Å². The molecule has 0 aliphatic rings. The van der Waals surface area contributed by atoms with Crippen molar-refractivity contribution in [3.8, 4) is 17.1 Å². The standard InChI is InChI=1S/C20H16F3N3O2/c1-12-17(19(27)26-15-4-3-5-16(10-15)28-2)11-24-18(25-12)13-6-8-14(9-7-13)20(21,22)23/h3-11H,1-2H3,(H,26,27). The number of nitrogens with one attached hydrogen (secondary N) is 1. The van der Waals surface area contributed by atoms with E-state index in [2.05, 4.69) is 15.3 Å². The summed E-state index contributed by atoms with van der Waals surface area (Å²) in [6.45, 7) is 1.63. The second kappa shape index (κ2) is 7.67. The molecule has 144 valence electrons. The van der Waals surface area contributed by atoms with Crippen LogP contribution >= 0.6 is 0 Å². The third kappa shape index (κ3) is 4.28. The molecule has 0 spiro atoms. The van der Waals surface area contributed by atoms with Crippen LogP contribution in [-0.4, -0.2) is 23.0 Å². The lowest BCUT2D eigenvalue weighted by Crippen LogP contribution is -2.15. The zero-order valence-corrected chi connectivity index (χ0v) is 15.0. The Morgan fingerprint density at radius 1 is 1.11 bits per heavy atom. The van der Waals surface area contributed by atoms with Gasteiger partial charge < -0.3 is 10.1 Å². The molecule has 0 fully saturated rings. The molecule has 0 aliphatic carbocycles. The van der Waals surface area contributed by atoms with Crippen molar-refractivity contribution >= 4 is 11.6 Å². The molecule has 0 unspecified atom stereocenters. The predicted molar refractivity (Wildman–Crippen MR) is 98.2 cm³/mol. The van der Waals surface area contributed by atoms with Gasteiger partial charge in [-0.25, -0.2) is 9.97 Å². The molecule has 1 aromatic heterocycles. The Morgan fingerprint density at radius 2 is 1.82 bits per heavy atom. The third-order valence-electron chi connectivity index (χ3n) is 4.02. The zero-order chi connectivity index (χ0) is 20.3. The normalized spacial score (nSPS) is 11.2. The first kappa shape index (κ1) is 19.3. The van der Waals surface area contributed by atoms with Crippen LogP contribution in [0, 0.1) is 6.92 Å². The highest BCUT2D eigenvalue weighted by atomic mass is 19.4. The number of amides is 1. The Hall–Kier alpha value is -3.42. The zero-order valence-electron chi connectivity index (χ0n) is 15.0. The smallest absolute Gasteiger partial charge is 0.416 e. The first-order chi connectivity index (χ1) is 13.3. The number of anilines is 1. The molecular weight excluding hydrogens is 371 g/mol. The van der Waals surface area contributed by atoms with Crippen molar-refractivity contribution in [3.05, 3.63) is 71.5 Å². The number of nitrogens with zero attached hydrogens (tertiary/aromatic N) is 2. The lowest BCUT2D eigenvalue weighted by molar-refractivity contribution is -0.137. The van der Waals surface area contributed by atoms with E-state index in [1.807, 2.05) is 0 Å². The van der Waals surface area contributed by atoms with Crippen molar-refractivity contribution in [2.75, 3.05) is 12.4 Å². The molecule has 0 bridgehead atoms. The van der Waals surface area contributed by atoms with Crippen molar-refractivity contribution in [3.63, 3.8) is 0 Å². The number of carbonyl (C=O) groups excluding carboxylic acids is 1. The number of methoxy groups -OCH3 is 1. The molecule has 3 rings (SSSR count). The molecule has 1 heterocycles. The Bertz CT molecular complexity index is 1000. The van der Waals surface area contributed by atoms with Crippen LogP contribution in [0.15, 0.2) is 54.7 Å². The Balaban J connectivity index is 1.80. The van der Waals surface area contributed by atoms with Crippen LogP contribution in [0.1, 0.15) is 21.6 Å². The lowest BCUT2D eigenvalue weighted by Gasteiger charge is -2.10. The first-order valence-electron chi connectivity index (χ1n) is 8.24. The molecule has 1 amide bonds. The maximum Gasteiger partial charge on any atom is 0.416 e. The number of ether oxygens (including phenoxy) is 1. The van der Waals surface area contributed by atoms with Gasteiger partial charge >= 0.3 is 6.18 Å². The summed E-state index contributed by atoms with van der Waals surface area (Å²) in [6, 6.07) is 11.4. The molecule has 0 radical (unpaired) electrons. The number of hydrogen-bond acceptors (Lipinski definition) is 4. The van der Waals surface area contributed by atoms with Gasteiger partial charge in [0.1, 0.15) is 5.75 Å². The van der Waals surface area contributed by atoms with E-state index < -0.39 is 17.6 Å². The molecule has 0 saturated heterocycles. The number of hydrogen-bond donors (Lipinski definition) is 1. The monoisotopic (exact) mass is 387 g/mol. The highest BCUT2D eigenvalue weighted by Crippen LogP contribution is 2.30. The van der Waals surface area contributed by atoms with E-state index in [1.165, 1.54) is 25.4 Å². The average molecular weight is 387 g/mol. The summed E-state index contributed by atoms with van der Waals surface area (Å²) in [6.07, 6.45) is -3.05. The summed E-state index contributed by atoms with van der Waals surface area (Å²) in [5.74, 6) is 0.442. The maximum atomic E-state index is 12.7. The van der Waals surface area contributed by atoms with E-state index in [9.17, 15) is 18.0 Å². The summed E-state index contributed by atoms with van der Waals surface area (Å²) in [5.41, 5.74) is 0.900. The SMILES string of the molecule is COc1cccc(NC(=O)c2cnc(-c3ccc(C(F)(F)F)cc3)nc2C)c1. The van der Waals surface area contributed by atoms with Gasteiger partial charge in [-0.15, -0.1) is 0 Å². The summed E-state index contributed by atoms with van der Waals surface area (Å²) >= 11 is 0. The Morgan fingerprint density at radius 3 is 2.43 bits per heavy atom. The van der Waals surface area contributed by atoms with Crippen molar-refractivity contribution in [1.29, 1.82) is 0 Å². The van der Waals surface area contributed by atoms with Gasteiger partial charge in [0, 0.05) is 23.5 Å².